The summed E-state index contributed by atoms with van der Waals surface area (Å²) in [6.45, 7) is 8.40. The number of nitrogens with zero attached hydrogens (tertiary/aromatic N) is 1. The molecule has 2 unspecified atom stereocenters. The van der Waals surface area contributed by atoms with Gasteiger partial charge in [-0.3, -0.25) is 14.5 Å². The Labute approximate surface area is 120 Å². The molecule has 0 aromatic carbocycles. The summed E-state index contributed by atoms with van der Waals surface area (Å²) < 4.78 is 5.41. The lowest BCUT2D eigenvalue weighted by molar-refractivity contribution is -0.143. The lowest BCUT2D eigenvalue weighted by Gasteiger charge is -2.35. The van der Waals surface area contributed by atoms with Crippen LogP contribution in [0.25, 0.3) is 0 Å². The maximum atomic E-state index is 12.0. The summed E-state index contributed by atoms with van der Waals surface area (Å²) in [5.74, 6) is -0.304. The molecule has 0 aliphatic carbocycles. The largest absolute Gasteiger partial charge is 0.481 e. The highest BCUT2D eigenvalue weighted by Gasteiger charge is 2.28. The van der Waals surface area contributed by atoms with Crippen molar-refractivity contribution in [1.29, 1.82) is 0 Å². The van der Waals surface area contributed by atoms with Gasteiger partial charge in [0.1, 0.15) is 0 Å². The van der Waals surface area contributed by atoms with E-state index in [9.17, 15) is 9.59 Å². The smallest absolute Gasteiger partial charge is 0.306 e. The third kappa shape index (κ3) is 5.88. The molecular formula is C14H26N2O4. The van der Waals surface area contributed by atoms with Gasteiger partial charge in [-0.2, -0.15) is 0 Å². The summed E-state index contributed by atoms with van der Waals surface area (Å²) in [6.07, 6.45) is 0.619. The Morgan fingerprint density at radius 2 is 2.10 bits per heavy atom. The van der Waals surface area contributed by atoms with Crippen molar-refractivity contribution in [2.45, 2.75) is 45.8 Å². The average molecular weight is 286 g/mol. The summed E-state index contributed by atoms with van der Waals surface area (Å²) in [5.41, 5.74) is 0. The van der Waals surface area contributed by atoms with E-state index in [1.807, 2.05) is 11.8 Å². The number of hydrogen-bond acceptors (Lipinski definition) is 4. The van der Waals surface area contributed by atoms with Gasteiger partial charge in [-0.25, -0.2) is 0 Å². The molecule has 1 heterocycles. The minimum Gasteiger partial charge on any atom is -0.481 e. The van der Waals surface area contributed by atoms with Crippen molar-refractivity contribution >= 4 is 11.9 Å². The normalized spacial score (nSPS) is 21.7. The highest BCUT2D eigenvalue weighted by atomic mass is 16.5. The van der Waals surface area contributed by atoms with Gasteiger partial charge in [0.05, 0.1) is 25.2 Å². The number of carbonyl (C=O) groups excluding carboxylic acids is 1. The Bertz CT molecular complexity index is 333. The predicted molar refractivity (Wildman–Crippen MR) is 75.5 cm³/mol. The molecular weight excluding hydrogens is 260 g/mol. The van der Waals surface area contributed by atoms with Gasteiger partial charge < -0.3 is 15.2 Å². The number of amides is 1. The van der Waals surface area contributed by atoms with Gasteiger partial charge >= 0.3 is 5.97 Å². The summed E-state index contributed by atoms with van der Waals surface area (Å²) in [7, 11) is 0. The van der Waals surface area contributed by atoms with Crippen LogP contribution in [-0.2, 0) is 14.3 Å². The molecule has 0 aromatic heterocycles. The van der Waals surface area contributed by atoms with Crippen molar-refractivity contribution in [2.75, 3.05) is 26.2 Å². The SMILES string of the molecule is CC(C)CCNC(=O)C(C)N1CCOC(CC(=O)O)C1. The van der Waals surface area contributed by atoms with E-state index in [0.717, 1.165) is 6.42 Å². The van der Waals surface area contributed by atoms with Crippen LogP contribution in [0.3, 0.4) is 0 Å². The molecule has 0 aromatic rings. The molecule has 6 nitrogen and oxygen atoms in total. The fourth-order valence-corrected chi connectivity index (χ4v) is 2.21. The topological polar surface area (TPSA) is 78.9 Å². The second-order valence-electron chi connectivity index (χ2n) is 5.74. The Hall–Kier alpha value is -1.14. The Balaban J connectivity index is 2.39. The zero-order chi connectivity index (χ0) is 15.1. The number of morpholine rings is 1. The fraction of sp³-hybridized carbons (Fsp3) is 0.857. The maximum Gasteiger partial charge on any atom is 0.306 e. The number of ether oxygens (including phenoxy) is 1. The van der Waals surface area contributed by atoms with E-state index in [4.69, 9.17) is 9.84 Å². The van der Waals surface area contributed by atoms with Crippen LogP contribution < -0.4 is 5.32 Å². The van der Waals surface area contributed by atoms with Gasteiger partial charge in [-0.1, -0.05) is 13.8 Å². The van der Waals surface area contributed by atoms with E-state index in [1.165, 1.54) is 0 Å². The zero-order valence-corrected chi connectivity index (χ0v) is 12.6. The van der Waals surface area contributed by atoms with E-state index in [1.54, 1.807) is 0 Å². The fourth-order valence-electron chi connectivity index (χ4n) is 2.21. The maximum absolute atomic E-state index is 12.0. The van der Waals surface area contributed by atoms with E-state index >= 15 is 0 Å². The minimum atomic E-state index is -0.870. The van der Waals surface area contributed by atoms with Crippen LogP contribution >= 0.6 is 0 Å². The molecule has 0 bridgehead atoms. The van der Waals surface area contributed by atoms with Crippen molar-refractivity contribution < 1.29 is 19.4 Å². The van der Waals surface area contributed by atoms with Gasteiger partial charge in [-0.15, -0.1) is 0 Å². The highest BCUT2D eigenvalue weighted by molar-refractivity contribution is 5.81. The van der Waals surface area contributed by atoms with Gasteiger partial charge in [0, 0.05) is 19.6 Å². The zero-order valence-electron chi connectivity index (χ0n) is 12.6. The molecule has 1 aliphatic heterocycles. The molecule has 1 fully saturated rings. The molecule has 116 valence electrons. The first kappa shape index (κ1) is 16.9. The third-order valence-corrected chi connectivity index (χ3v) is 3.52. The van der Waals surface area contributed by atoms with Crippen molar-refractivity contribution in [3.8, 4) is 0 Å². The van der Waals surface area contributed by atoms with E-state index in [2.05, 4.69) is 19.2 Å². The first-order chi connectivity index (χ1) is 9.40. The quantitative estimate of drug-likeness (QED) is 0.721. The van der Waals surface area contributed by atoms with Crippen LogP contribution in [0, 0.1) is 5.92 Å². The van der Waals surface area contributed by atoms with Gasteiger partial charge in [-0.05, 0) is 19.3 Å². The number of hydrogen-bond donors (Lipinski definition) is 2. The molecule has 1 saturated heterocycles. The van der Waals surface area contributed by atoms with Crippen LogP contribution in [0.5, 0.6) is 0 Å². The molecule has 2 atom stereocenters. The first-order valence-corrected chi connectivity index (χ1v) is 7.25. The number of rotatable bonds is 7. The third-order valence-electron chi connectivity index (χ3n) is 3.52. The second-order valence-corrected chi connectivity index (χ2v) is 5.74. The number of nitrogens with one attached hydrogen (secondary N) is 1. The molecule has 20 heavy (non-hydrogen) atoms. The van der Waals surface area contributed by atoms with Gasteiger partial charge in [0.25, 0.3) is 0 Å². The number of carboxylic acids is 1. The first-order valence-electron chi connectivity index (χ1n) is 7.25. The highest BCUT2D eigenvalue weighted by Crippen LogP contribution is 2.12. The van der Waals surface area contributed by atoms with Gasteiger partial charge in [0.2, 0.25) is 5.91 Å². The molecule has 0 saturated carbocycles. The molecule has 0 spiro atoms. The van der Waals surface area contributed by atoms with Crippen LogP contribution in [0.1, 0.15) is 33.6 Å². The predicted octanol–water partition coefficient (Wildman–Crippen LogP) is 0.713. The van der Waals surface area contributed by atoms with E-state index < -0.39 is 5.97 Å². The molecule has 0 radical (unpaired) electrons. The molecule has 6 heteroatoms. The van der Waals surface area contributed by atoms with Crippen LogP contribution in [0.4, 0.5) is 0 Å². The Morgan fingerprint density at radius 1 is 1.40 bits per heavy atom. The van der Waals surface area contributed by atoms with E-state index in [-0.39, 0.29) is 24.5 Å². The Kier molecular flexibility index (Phi) is 6.95. The molecule has 1 aliphatic rings. The summed E-state index contributed by atoms with van der Waals surface area (Å²) in [5, 5.41) is 11.7. The standard InChI is InChI=1S/C14H26N2O4/c1-10(2)4-5-15-14(19)11(3)16-6-7-20-12(9-16)8-13(17)18/h10-12H,4-9H2,1-3H3,(H,15,19)(H,17,18). The van der Waals surface area contributed by atoms with Gasteiger partial charge in [0.15, 0.2) is 0 Å². The lowest BCUT2D eigenvalue weighted by Crippen LogP contribution is -2.52. The second kappa shape index (κ2) is 8.21. The number of carboxylic acid groups (broad SMARTS) is 1. The molecule has 1 rings (SSSR count). The van der Waals surface area contributed by atoms with Crippen molar-refractivity contribution in [2.24, 2.45) is 5.92 Å². The van der Waals surface area contributed by atoms with E-state index in [0.29, 0.717) is 32.2 Å². The summed E-state index contributed by atoms with van der Waals surface area (Å²) in [6, 6.07) is -0.248. The Morgan fingerprint density at radius 3 is 2.70 bits per heavy atom. The lowest BCUT2D eigenvalue weighted by atomic mass is 10.1. The van der Waals surface area contributed by atoms with Crippen LogP contribution in [0.15, 0.2) is 0 Å². The summed E-state index contributed by atoms with van der Waals surface area (Å²) >= 11 is 0. The van der Waals surface area contributed by atoms with Crippen molar-refractivity contribution in [3.63, 3.8) is 0 Å². The number of aliphatic carboxylic acids is 1. The van der Waals surface area contributed by atoms with Crippen molar-refractivity contribution in [3.05, 3.63) is 0 Å². The van der Waals surface area contributed by atoms with Crippen molar-refractivity contribution in [1.82, 2.24) is 10.2 Å². The minimum absolute atomic E-state index is 0.00150. The van der Waals surface area contributed by atoms with Crippen LogP contribution in [0.2, 0.25) is 0 Å². The average Bonchev–Trinajstić information content (AvgIpc) is 2.36. The molecule has 1 amide bonds. The molecule has 2 N–H and O–H groups in total. The van der Waals surface area contributed by atoms with Crippen LogP contribution in [-0.4, -0.2) is 60.3 Å². The summed E-state index contributed by atoms with van der Waals surface area (Å²) in [4.78, 5) is 24.7. The number of carbonyl (C=O) groups is 2. The monoisotopic (exact) mass is 286 g/mol.